The third-order valence-corrected chi connectivity index (χ3v) is 4.40. The molecule has 2 aliphatic rings. The van der Waals surface area contributed by atoms with Crippen molar-refractivity contribution in [1.82, 2.24) is 10.6 Å². The van der Waals surface area contributed by atoms with Crippen LogP contribution >= 0.6 is 12.4 Å². The Hall–Kier alpha value is -0.280. The van der Waals surface area contributed by atoms with E-state index in [4.69, 9.17) is 0 Å². The highest BCUT2D eigenvalue weighted by atomic mass is 35.5. The number of carbonyl (C=O) groups is 1. The Morgan fingerprint density at radius 2 is 1.89 bits per heavy atom. The number of hydrogen-bond donors (Lipinski definition) is 2. The van der Waals surface area contributed by atoms with E-state index in [-0.39, 0.29) is 23.9 Å². The number of nitrogens with one attached hydrogen (secondary N) is 2. The summed E-state index contributed by atoms with van der Waals surface area (Å²) in [5.41, 5.74) is 0.0397. The zero-order valence-corrected chi connectivity index (χ0v) is 12.3. The van der Waals surface area contributed by atoms with Crippen LogP contribution < -0.4 is 10.6 Å². The summed E-state index contributed by atoms with van der Waals surface area (Å²) in [5, 5.41) is 6.58. The monoisotopic (exact) mass is 274 g/mol. The molecule has 1 aliphatic heterocycles. The van der Waals surface area contributed by atoms with Crippen LogP contribution in [0.4, 0.5) is 0 Å². The first-order valence-corrected chi connectivity index (χ1v) is 7.20. The van der Waals surface area contributed by atoms with Gasteiger partial charge in [-0.25, -0.2) is 0 Å². The van der Waals surface area contributed by atoms with Crippen LogP contribution in [-0.2, 0) is 4.79 Å². The van der Waals surface area contributed by atoms with Gasteiger partial charge in [-0.05, 0) is 45.2 Å². The summed E-state index contributed by atoms with van der Waals surface area (Å²) in [6, 6.07) is 0. The SMILES string of the molecule is CC1(NC(=O)CCC2CCCC2)CCNCC1.Cl. The molecule has 3 nitrogen and oxygen atoms in total. The third kappa shape index (κ3) is 4.77. The highest BCUT2D eigenvalue weighted by Crippen LogP contribution is 2.28. The highest BCUT2D eigenvalue weighted by Gasteiger charge is 2.28. The zero-order valence-electron chi connectivity index (χ0n) is 11.5. The molecule has 2 fully saturated rings. The van der Waals surface area contributed by atoms with Crippen molar-refractivity contribution in [2.45, 2.75) is 63.8 Å². The fourth-order valence-corrected chi connectivity index (χ4v) is 3.14. The lowest BCUT2D eigenvalue weighted by atomic mass is 9.90. The molecule has 0 radical (unpaired) electrons. The Labute approximate surface area is 117 Å². The van der Waals surface area contributed by atoms with Crippen molar-refractivity contribution in [3.8, 4) is 0 Å². The van der Waals surface area contributed by atoms with Crippen LogP contribution in [0.3, 0.4) is 0 Å². The molecule has 0 aromatic heterocycles. The molecule has 18 heavy (non-hydrogen) atoms. The maximum absolute atomic E-state index is 11.9. The molecule has 4 heteroatoms. The second-order valence-electron chi connectivity index (χ2n) is 6.05. The molecule has 0 unspecified atom stereocenters. The zero-order chi connectivity index (χ0) is 12.1. The van der Waals surface area contributed by atoms with Gasteiger partial charge in [0.25, 0.3) is 0 Å². The number of rotatable bonds is 4. The van der Waals surface area contributed by atoms with Gasteiger partial charge in [-0.3, -0.25) is 4.79 Å². The second-order valence-corrected chi connectivity index (χ2v) is 6.05. The van der Waals surface area contributed by atoms with Crippen molar-refractivity contribution in [1.29, 1.82) is 0 Å². The Balaban J connectivity index is 0.00000162. The molecule has 1 saturated carbocycles. The maximum Gasteiger partial charge on any atom is 0.220 e. The fourth-order valence-electron chi connectivity index (χ4n) is 3.14. The molecule has 1 amide bonds. The normalized spacial score (nSPS) is 23.4. The molecule has 2 N–H and O–H groups in total. The number of hydrogen-bond acceptors (Lipinski definition) is 2. The van der Waals surface area contributed by atoms with Crippen molar-refractivity contribution in [2.75, 3.05) is 13.1 Å². The molecule has 0 bridgehead atoms. The number of amides is 1. The molecule has 1 heterocycles. The summed E-state index contributed by atoms with van der Waals surface area (Å²) in [6.45, 7) is 4.24. The van der Waals surface area contributed by atoms with E-state index in [1.807, 2.05) is 0 Å². The summed E-state index contributed by atoms with van der Waals surface area (Å²) in [7, 11) is 0. The molecule has 0 aromatic rings. The first-order valence-electron chi connectivity index (χ1n) is 7.20. The molecule has 0 aromatic carbocycles. The molecule has 0 atom stereocenters. The van der Waals surface area contributed by atoms with Crippen molar-refractivity contribution in [3.63, 3.8) is 0 Å². The number of piperidine rings is 1. The van der Waals surface area contributed by atoms with Gasteiger partial charge in [0.2, 0.25) is 5.91 Å². The van der Waals surface area contributed by atoms with E-state index < -0.39 is 0 Å². The van der Waals surface area contributed by atoms with Crippen LogP contribution in [0.25, 0.3) is 0 Å². The molecule has 106 valence electrons. The van der Waals surface area contributed by atoms with Crippen LogP contribution in [0.2, 0.25) is 0 Å². The lowest BCUT2D eigenvalue weighted by Crippen LogP contribution is -2.52. The fraction of sp³-hybridized carbons (Fsp3) is 0.929. The average molecular weight is 275 g/mol. The standard InChI is InChI=1S/C14H26N2O.ClH/c1-14(8-10-15-11-9-14)16-13(17)7-6-12-4-2-3-5-12;/h12,15H,2-11H2,1H3,(H,16,17);1H. The van der Waals surface area contributed by atoms with Crippen molar-refractivity contribution >= 4 is 18.3 Å². The van der Waals surface area contributed by atoms with Gasteiger partial charge in [-0.2, -0.15) is 0 Å². The van der Waals surface area contributed by atoms with Gasteiger partial charge in [0.15, 0.2) is 0 Å². The largest absolute Gasteiger partial charge is 0.351 e. The molecular weight excluding hydrogens is 248 g/mol. The summed E-state index contributed by atoms with van der Waals surface area (Å²) < 4.78 is 0. The first kappa shape index (κ1) is 15.8. The van der Waals surface area contributed by atoms with Crippen LogP contribution in [0.15, 0.2) is 0 Å². The molecule has 1 aliphatic carbocycles. The van der Waals surface area contributed by atoms with E-state index in [9.17, 15) is 4.79 Å². The minimum atomic E-state index is 0. The molecule has 1 saturated heterocycles. The molecular formula is C14H27ClN2O. The Morgan fingerprint density at radius 3 is 2.50 bits per heavy atom. The summed E-state index contributed by atoms with van der Waals surface area (Å²) in [4.78, 5) is 11.9. The van der Waals surface area contributed by atoms with Gasteiger partial charge >= 0.3 is 0 Å². The third-order valence-electron chi connectivity index (χ3n) is 4.40. The maximum atomic E-state index is 11.9. The van der Waals surface area contributed by atoms with E-state index in [1.165, 1.54) is 25.7 Å². The molecule has 2 rings (SSSR count). The van der Waals surface area contributed by atoms with Crippen molar-refractivity contribution in [3.05, 3.63) is 0 Å². The smallest absolute Gasteiger partial charge is 0.220 e. The van der Waals surface area contributed by atoms with Crippen LogP contribution in [-0.4, -0.2) is 24.5 Å². The predicted molar refractivity (Wildman–Crippen MR) is 77.1 cm³/mol. The predicted octanol–water partition coefficient (Wildman–Crippen LogP) is 2.64. The topological polar surface area (TPSA) is 41.1 Å². The first-order chi connectivity index (χ1) is 8.18. The summed E-state index contributed by atoms with van der Waals surface area (Å²) in [6.07, 6.45) is 9.37. The van der Waals surface area contributed by atoms with Crippen LogP contribution in [0.5, 0.6) is 0 Å². The van der Waals surface area contributed by atoms with E-state index in [1.54, 1.807) is 0 Å². The second kappa shape index (κ2) is 7.34. The van der Waals surface area contributed by atoms with Gasteiger partial charge in [0.1, 0.15) is 0 Å². The number of carbonyl (C=O) groups excluding carboxylic acids is 1. The van der Waals surface area contributed by atoms with E-state index in [0.29, 0.717) is 0 Å². The molecule has 0 spiro atoms. The summed E-state index contributed by atoms with van der Waals surface area (Å²) in [5.74, 6) is 1.09. The lowest BCUT2D eigenvalue weighted by molar-refractivity contribution is -0.123. The minimum absolute atomic E-state index is 0. The van der Waals surface area contributed by atoms with Gasteiger partial charge in [0, 0.05) is 12.0 Å². The van der Waals surface area contributed by atoms with Gasteiger partial charge < -0.3 is 10.6 Å². The van der Waals surface area contributed by atoms with Gasteiger partial charge in [0.05, 0.1) is 0 Å². The van der Waals surface area contributed by atoms with Crippen LogP contribution in [0, 0.1) is 5.92 Å². The Morgan fingerprint density at radius 1 is 1.28 bits per heavy atom. The summed E-state index contributed by atoms with van der Waals surface area (Å²) >= 11 is 0. The van der Waals surface area contributed by atoms with Gasteiger partial charge in [-0.15, -0.1) is 12.4 Å². The van der Waals surface area contributed by atoms with Crippen molar-refractivity contribution in [2.24, 2.45) is 5.92 Å². The average Bonchev–Trinajstić information content (AvgIpc) is 2.79. The quantitative estimate of drug-likeness (QED) is 0.828. The van der Waals surface area contributed by atoms with Crippen molar-refractivity contribution < 1.29 is 4.79 Å². The van der Waals surface area contributed by atoms with E-state index in [0.717, 1.165) is 44.7 Å². The van der Waals surface area contributed by atoms with E-state index >= 15 is 0 Å². The van der Waals surface area contributed by atoms with Gasteiger partial charge in [-0.1, -0.05) is 25.7 Å². The Bertz CT molecular complexity index is 259. The highest BCUT2D eigenvalue weighted by molar-refractivity contribution is 5.85. The number of halogens is 1. The van der Waals surface area contributed by atoms with Crippen LogP contribution in [0.1, 0.15) is 58.3 Å². The Kier molecular flexibility index (Phi) is 6.44. The van der Waals surface area contributed by atoms with E-state index in [2.05, 4.69) is 17.6 Å². The lowest BCUT2D eigenvalue weighted by Gasteiger charge is -2.35. The minimum Gasteiger partial charge on any atom is -0.351 e.